The van der Waals surface area contributed by atoms with Crippen molar-refractivity contribution in [3.8, 4) is 11.5 Å². The fourth-order valence-corrected chi connectivity index (χ4v) is 3.81. The normalized spacial score (nSPS) is 26.1. The summed E-state index contributed by atoms with van der Waals surface area (Å²) in [5, 5.41) is 10.8. The molecule has 0 aliphatic carbocycles. The summed E-state index contributed by atoms with van der Waals surface area (Å²) in [6.07, 6.45) is 7.03. The molecule has 5 heteroatoms. The van der Waals surface area contributed by atoms with E-state index in [0.717, 1.165) is 42.4 Å². The highest BCUT2D eigenvalue weighted by molar-refractivity contribution is 5.68. The van der Waals surface area contributed by atoms with Gasteiger partial charge in [0.15, 0.2) is 6.29 Å². The molecular formula is C21H30O5. The van der Waals surface area contributed by atoms with E-state index >= 15 is 0 Å². The number of rotatable bonds is 6. The first-order chi connectivity index (χ1) is 12.4. The van der Waals surface area contributed by atoms with Crippen molar-refractivity contribution in [2.24, 2.45) is 0 Å². The number of phenols is 1. The lowest BCUT2D eigenvalue weighted by atomic mass is 9.87. The minimum Gasteiger partial charge on any atom is -0.508 e. The maximum Gasteiger partial charge on any atom is 0.188 e. The van der Waals surface area contributed by atoms with Gasteiger partial charge in [-0.2, -0.15) is 0 Å². The van der Waals surface area contributed by atoms with Gasteiger partial charge in [0.05, 0.1) is 11.7 Å². The molecule has 0 radical (unpaired) electrons. The van der Waals surface area contributed by atoms with Gasteiger partial charge in [-0.1, -0.05) is 32.3 Å². The lowest BCUT2D eigenvalue weighted by molar-refractivity contribution is -0.206. The Labute approximate surface area is 155 Å². The Morgan fingerprint density at radius 2 is 1.92 bits per heavy atom. The molecule has 1 N–H and O–H groups in total. The smallest absolute Gasteiger partial charge is 0.188 e. The number of aromatic hydroxyl groups is 1. The third-order valence-corrected chi connectivity index (χ3v) is 5.11. The Morgan fingerprint density at radius 3 is 2.58 bits per heavy atom. The number of methoxy groups -OCH3 is 2. The molecule has 0 fully saturated rings. The lowest BCUT2D eigenvalue weighted by Gasteiger charge is -2.40. The quantitative estimate of drug-likeness (QED) is 0.730. The molecule has 2 aliphatic heterocycles. The van der Waals surface area contributed by atoms with Gasteiger partial charge < -0.3 is 24.1 Å². The molecule has 3 rings (SSSR count). The number of phenolic OH excluding ortho intramolecular Hbond substituents is 1. The van der Waals surface area contributed by atoms with Crippen LogP contribution in [0.25, 0.3) is 6.08 Å². The second-order valence-corrected chi connectivity index (χ2v) is 7.57. The van der Waals surface area contributed by atoms with Crippen LogP contribution in [0.3, 0.4) is 0 Å². The van der Waals surface area contributed by atoms with Crippen molar-refractivity contribution in [2.45, 2.75) is 70.6 Å². The maximum absolute atomic E-state index is 10.8. The van der Waals surface area contributed by atoms with Gasteiger partial charge in [0.1, 0.15) is 23.2 Å². The van der Waals surface area contributed by atoms with Gasteiger partial charge in [0.25, 0.3) is 0 Å². The van der Waals surface area contributed by atoms with Crippen LogP contribution in [-0.4, -0.2) is 31.0 Å². The summed E-state index contributed by atoms with van der Waals surface area (Å²) >= 11 is 0. The summed E-state index contributed by atoms with van der Waals surface area (Å²) in [5.41, 5.74) is 1.84. The number of fused-ring (bicyclic) bond motifs is 3. The molecule has 0 bridgehead atoms. The minimum absolute atomic E-state index is 0.167. The first-order valence-corrected chi connectivity index (χ1v) is 9.41. The molecule has 0 spiro atoms. The first kappa shape index (κ1) is 19.2. The molecular weight excluding hydrogens is 332 g/mol. The molecule has 2 heterocycles. The summed E-state index contributed by atoms with van der Waals surface area (Å²) in [4.78, 5) is 0. The van der Waals surface area contributed by atoms with E-state index in [2.05, 4.69) is 6.92 Å². The van der Waals surface area contributed by atoms with Crippen LogP contribution in [0.4, 0.5) is 0 Å². The van der Waals surface area contributed by atoms with Crippen molar-refractivity contribution < 1.29 is 24.1 Å². The lowest BCUT2D eigenvalue weighted by Crippen LogP contribution is -2.35. The van der Waals surface area contributed by atoms with Crippen LogP contribution in [0.15, 0.2) is 12.1 Å². The van der Waals surface area contributed by atoms with Gasteiger partial charge in [-0.15, -0.1) is 0 Å². The Bertz CT molecular complexity index is 679. The Morgan fingerprint density at radius 1 is 1.15 bits per heavy atom. The standard InChI is InChI=1S/C21H30O5/c1-6-7-8-9-15-19(23-4)16-14(22)12-13-10-11-21(2,3)26-18(13)17(16)20(24-5)25-15/h10-12,15,19-20,22H,6-9H2,1-5H3/t15-,19-,20+/m0/s1. The van der Waals surface area contributed by atoms with Crippen molar-refractivity contribution >= 4 is 6.08 Å². The highest BCUT2D eigenvalue weighted by Gasteiger charge is 2.42. The topological polar surface area (TPSA) is 57.2 Å². The van der Waals surface area contributed by atoms with Gasteiger partial charge >= 0.3 is 0 Å². The molecule has 0 saturated heterocycles. The maximum atomic E-state index is 10.8. The fourth-order valence-electron chi connectivity index (χ4n) is 3.81. The predicted molar refractivity (Wildman–Crippen MR) is 100 cm³/mol. The SMILES string of the molecule is CCCCC[C@@H]1O[C@@H](OC)c2c3c(cc(O)c2[C@H]1OC)C=CC(C)(C)O3. The number of hydrogen-bond acceptors (Lipinski definition) is 5. The average molecular weight is 362 g/mol. The summed E-state index contributed by atoms with van der Waals surface area (Å²) in [6.45, 7) is 6.17. The average Bonchev–Trinajstić information content (AvgIpc) is 2.61. The van der Waals surface area contributed by atoms with Crippen molar-refractivity contribution in [3.63, 3.8) is 0 Å². The molecule has 0 aromatic heterocycles. The van der Waals surface area contributed by atoms with Crippen LogP contribution in [0, 0.1) is 0 Å². The van der Waals surface area contributed by atoms with Crippen LogP contribution in [0.1, 0.15) is 75.5 Å². The first-order valence-electron chi connectivity index (χ1n) is 9.41. The fraction of sp³-hybridized carbons (Fsp3) is 0.619. The third-order valence-electron chi connectivity index (χ3n) is 5.11. The van der Waals surface area contributed by atoms with Gasteiger partial charge in [0, 0.05) is 25.3 Å². The zero-order valence-corrected chi connectivity index (χ0v) is 16.4. The van der Waals surface area contributed by atoms with Crippen molar-refractivity contribution in [3.05, 3.63) is 28.8 Å². The predicted octanol–water partition coefficient (Wildman–Crippen LogP) is 4.89. The Kier molecular flexibility index (Phi) is 5.61. The highest BCUT2D eigenvalue weighted by Crippen LogP contribution is 2.51. The molecule has 144 valence electrons. The number of unbranched alkanes of at least 4 members (excludes halogenated alkanes) is 2. The van der Waals surface area contributed by atoms with Crippen molar-refractivity contribution in [1.82, 2.24) is 0 Å². The molecule has 0 unspecified atom stereocenters. The highest BCUT2D eigenvalue weighted by atomic mass is 16.7. The van der Waals surface area contributed by atoms with Crippen molar-refractivity contribution in [1.29, 1.82) is 0 Å². The van der Waals surface area contributed by atoms with Gasteiger partial charge in [-0.3, -0.25) is 0 Å². The van der Waals surface area contributed by atoms with Crippen LogP contribution < -0.4 is 4.74 Å². The van der Waals surface area contributed by atoms with E-state index in [1.54, 1.807) is 20.3 Å². The van der Waals surface area contributed by atoms with Crippen LogP contribution in [-0.2, 0) is 14.2 Å². The molecule has 0 saturated carbocycles. The van der Waals surface area contributed by atoms with Crippen molar-refractivity contribution in [2.75, 3.05) is 14.2 Å². The number of ether oxygens (including phenoxy) is 4. The zero-order valence-electron chi connectivity index (χ0n) is 16.4. The third kappa shape index (κ3) is 3.48. The summed E-state index contributed by atoms with van der Waals surface area (Å²) < 4.78 is 23.9. The molecule has 2 aliphatic rings. The van der Waals surface area contributed by atoms with Crippen LogP contribution >= 0.6 is 0 Å². The molecule has 1 aromatic rings. The van der Waals surface area contributed by atoms with Gasteiger partial charge in [0.2, 0.25) is 0 Å². The van der Waals surface area contributed by atoms with E-state index in [0.29, 0.717) is 5.75 Å². The monoisotopic (exact) mass is 362 g/mol. The molecule has 5 nitrogen and oxygen atoms in total. The molecule has 3 atom stereocenters. The largest absolute Gasteiger partial charge is 0.508 e. The summed E-state index contributed by atoms with van der Waals surface area (Å²) in [7, 11) is 3.27. The summed E-state index contributed by atoms with van der Waals surface area (Å²) in [6, 6.07) is 1.74. The second kappa shape index (κ2) is 7.59. The van der Waals surface area contributed by atoms with E-state index in [9.17, 15) is 5.11 Å². The van der Waals surface area contributed by atoms with E-state index < -0.39 is 11.9 Å². The Hall–Kier alpha value is -1.56. The Balaban J connectivity index is 2.08. The van der Waals surface area contributed by atoms with Crippen LogP contribution in [0.2, 0.25) is 0 Å². The van der Waals surface area contributed by atoms with E-state index in [1.165, 1.54) is 0 Å². The number of hydrogen-bond donors (Lipinski definition) is 1. The van der Waals surface area contributed by atoms with E-state index in [1.807, 2.05) is 26.0 Å². The van der Waals surface area contributed by atoms with E-state index in [4.69, 9.17) is 18.9 Å². The number of benzene rings is 1. The molecule has 26 heavy (non-hydrogen) atoms. The molecule has 1 aromatic carbocycles. The summed E-state index contributed by atoms with van der Waals surface area (Å²) in [5.74, 6) is 0.899. The molecule has 0 amide bonds. The zero-order chi connectivity index (χ0) is 18.9. The van der Waals surface area contributed by atoms with Gasteiger partial charge in [-0.05, 0) is 32.4 Å². The van der Waals surface area contributed by atoms with Gasteiger partial charge in [-0.25, -0.2) is 0 Å². The minimum atomic E-state index is -0.592. The second-order valence-electron chi connectivity index (χ2n) is 7.57. The van der Waals surface area contributed by atoms with Crippen LogP contribution in [0.5, 0.6) is 11.5 Å². The van der Waals surface area contributed by atoms with E-state index in [-0.39, 0.29) is 18.0 Å².